The molecule has 0 heterocycles. The van der Waals surface area contributed by atoms with Gasteiger partial charge in [-0.3, -0.25) is 8.98 Å². The van der Waals surface area contributed by atoms with E-state index in [2.05, 4.69) is 19.8 Å². The van der Waals surface area contributed by atoms with Gasteiger partial charge < -0.3 is 15.2 Å². The van der Waals surface area contributed by atoms with Crippen LogP contribution in [0.3, 0.4) is 0 Å². The first-order valence-electron chi connectivity index (χ1n) is 8.97. The highest BCUT2D eigenvalue weighted by atomic mass is 32.2. The zero-order chi connectivity index (χ0) is 22.9. The van der Waals surface area contributed by atoms with Crippen molar-refractivity contribution in [1.82, 2.24) is 5.32 Å². The van der Waals surface area contributed by atoms with Gasteiger partial charge in [0.05, 0.1) is 19.5 Å². The molecule has 0 unspecified atom stereocenters. The lowest BCUT2D eigenvalue weighted by atomic mass is 9.71. The maximum atomic E-state index is 12.4. The number of rotatable bonds is 11. The summed E-state index contributed by atoms with van der Waals surface area (Å²) in [6, 6.07) is 0. The highest BCUT2D eigenvalue weighted by Gasteiger charge is 2.53. The standard InChI is InChI=1S/C17H31NO10S/c1-12(2)10-17(22,14(20)27-28-15(21)25-6)16(4,5)11-26-29(23,24)9-7-8-18-13(3)19/h12,22H,7-11H2,1-6H3,(H,18,19)/t17-/m0/s1. The number of hydrogen-bond acceptors (Lipinski definition) is 10. The van der Waals surface area contributed by atoms with Crippen LogP contribution in [0.1, 0.15) is 47.5 Å². The van der Waals surface area contributed by atoms with E-state index < -0.39 is 39.9 Å². The Morgan fingerprint density at radius 1 is 1.14 bits per heavy atom. The van der Waals surface area contributed by atoms with E-state index >= 15 is 0 Å². The molecule has 11 nitrogen and oxygen atoms in total. The first kappa shape index (κ1) is 27.1. The predicted molar refractivity (Wildman–Crippen MR) is 101 cm³/mol. The summed E-state index contributed by atoms with van der Waals surface area (Å²) >= 11 is 0. The van der Waals surface area contributed by atoms with Gasteiger partial charge in [0.15, 0.2) is 5.60 Å². The molecule has 0 aliphatic carbocycles. The Balaban J connectivity index is 5.18. The molecule has 0 saturated carbocycles. The summed E-state index contributed by atoms with van der Waals surface area (Å²) in [7, 11) is -2.97. The summed E-state index contributed by atoms with van der Waals surface area (Å²) in [5.74, 6) is -2.12. The lowest BCUT2D eigenvalue weighted by molar-refractivity contribution is -0.267. The zero-order valence-electron chi connectivity index (χ0n) is 17.6. The van der Waals surface area contributed by atoms with Crippen LogP contribution >= 0.6 is 0 Å². The second kappa shape index (κ2) is 11.3. The smallest absolute Gasteiger partial charge is 0.435 e. The zero-order valence-corrected chi connectivity index (χ0v) is 18.5. The molecule has 0 aliphatic heterocycles. The monoisotopic (exact) mass is 441 g/mol. The minimum Gasteiger partial charge on any atom is -0.435 e. The molecule has 0 aliphatic rings. The van der Waals surface area contributed by atoms with Crippen LogP contribution in [-0.4, -0.2) is 63.2 Å². The summed E-state index contributed by atoms with van der Waals surface area (Å²) < 4.78 is 33.3. The van der Waals surface area contributed by atoms with Crippen LogP contribution in [-0.2, 0) is 38.4 Å². The van der Waals surface area contributed by atoms with Gasteiger partial charge in [-0.2, -0.15) is 13.2 Å². The van der Waals surface area contributed by atoms with E-state index in [1.54, 1.807) is 13.8 Å². The average Bonchev–Trinajstić information content (AvgIpc) is 2.60. The molecule has 2 N–H and O–H groups in total. The highest BCUT2D eigenvalue weighted by Crippen LogP contribution is 2.38. The number of amides is 1. The number of nitrogens with one attached hydrogen (secondary N) is 1. The van der Waals surface area contributed by atoms with Crippen LogP contribution in [0.2, 0.25) is 0 Å². The van der Waals surface area contributed by atoms with Crippen LogP contribution in [0, 0.1) is 11.3 Å². The number of methoxy groups -OCH3 is 1. The molecular formula is C17H31NO10S. The van der Waals surface area contributed by atoms with Crippen LogP contribution in [0.15, 0.2) is 0 Å². The van der Waals surface area contributed by atoms with Crippen molar-refractivity contribution in [3.8, 4) is 0 Å². The maximum absolute atomic E-state index is 12.4. The molecular weight excluding hydrogens is 410 g/mol. The molecule has 0 aromatic rings. The van der Waals surface area contributed by atoms with E-state index in [0.29, 0.717) is 0 Å². The van der Waals surface area contributed by atoms with Crippen LogP contribution in [0.5, 0.6) is 0 Å². The van der Waals surface area contributed by atoms with Gasteiger partial charge in [0.2, 0.25) is 5.91 Å². The largest absolute Gasteiger partial charge is 0.549 e. The minimum atomic E-state index is -3.98. The van der Waals surface area contributed by atoms with E-state index in [0.717, 1.165) is 7.11 Å². The van der Waals surface area contributed by atoms with Crippen molar-refractivity contribution < 1.29 is 46.6 Å². The van der Waals surface area contributed by atoms with Crippen molar-refractivity contribution in [2.45, 2.75) is 53.1 Å². The van der Waals surface area contributed by atoms with E-state index in [1.807, 2.05) is 0 Å². The fourth-order valence-electron chi connectivity index (χ4n) is 2.33. The lowest BCUT2D eigenvalue weighted by Gasteiger charge is -2.40. The Bertz CT molecular complexity index is 674. The Kier molecular flexibility index (Phi) is 10.6. The van der Waals surface area contributed by atoms with Crippen LogP contribution in [0.25, 0.3) is 0 Å². The van der Waals surface area contributed by atoms with Gasteiger partial charge in [0.25, 0.3) is 10.1 Å². The molecule has 29 heavy (non-hydrogen) atoms. The van der Waals surface area contributed by atoms with Crippen molar-refractivity contribution in [2.24, 2.45) is 11.3 Å². The molecule has 1 amide bonds. The molecule has 0 aromatic heterocycles. The van der Waals surface area contributed by atoms with Gasteiger partial charge in [-0.15, -0.1) is 0 Å². The van der Waals surface area contributed by atoms with Crippen molar-refractivity contribution in [3.63, 3.8) is 0 Å². The number of hydrogen-bond donors (Lipinski definition) is 2. The third kappa shape index (κ3) is 9.41. The van der Waals surface area contributed by atoms with Gasteiger partial charge in [-0.25, -0.2) is 14.6 Å². The van der Waals surface area contributed by atoms with Gasteiger partial charge in [0, 0.05) is 18.9 Å². The second-order valence-electron chi connectivity index (χ2n) is 7.61. The molecule has 0 aromatic carbocycles. The van der Waals surface area contributed by atoms with Crippen molar-refractivity contribution >= 4 is 28.1 Å². The van der Waals surface area contributed by atoms with E-state index in [1.165, 1.54) is 20.8 Å². The number of carbonyl (C=O) groups is 3. The molecule has 0 radical (unpaired) electrons. The molecule has 0 fully saturated rings. The lowest BCUT2D eigenvalue weighted by Crippen LogP contribution is -2.55. The van der Waals surface area contributed by atoms with E-state index in [-0.39, 0.29) is 37.0 Å². The summed E-state index contributed by atoms with van der Waals surface area (Å²) in [5, 5.41) is 13.5. The fourth-order valence-corrected chi connectivity index (χ4v) is 3.42. The molecule has 0 spiro atoms. The Hall–Kier alpha value is -1.92. The summed E-state index contributed by atoms with van der Waals surface area (Å²) in [5.41, 5.74) is -3.65. The first-order chi connectivity index (χ1) is 13.2. The number of carbonyl (C=O) groups excluding carboxylic acids is 3. The first-order valence-corrected chi connectivity index (χ1v) is 10.6. The van der Waals surface area contributed by atoms with Crippen molar-refractivity contribution in [1.29, 1.82) is 0 Å². The third-order valence-electron chi connectivity index (χ3n) is 4.06. The molecule has 0 saturated heterocycles. The molecule has 0 rings (SSSR count). The van der Waals surface area contributed by atoms with Gasteiger partial charge in [0.1, 0.15) is 0 Å². The number of aliphatic hydroxyl groups is 1. The molecule has 0 bridgehead atoms. The summed E-state index contributed by atoms with van der Waals surface area (Å²) in [4.78, 5) is 42.7. The van der Waals surface area contributed by atoms with E-state index in [4.69, 9.17) is 4.18 Å². The Morgan fingerprint density at radius 2 is 1.72 bits per heavy atom. The quantitative estimate of drug-likeness (QED) is 0.155. The van der Waals surface area contributed by atoms with Crippen LogP contribution < -0.4 is 5.32 Å². The van der Waals surface area contributed by atoms with Gasteiger partial charge >= 0.3 is 12.1 Å². The van der Waals surface area contributed by atoms with Crippen molar-refractivity contribution in [3.05, 3.63) is 0 Å². The summed E-state index contributed by atoms with van der Waals surface area (Å²) in [6.07, 6.45) is -1.27. The molecule has 1 atom stereocenters. The predicted octanol–water partition coefficient (Wildman–Crippen LogP) is 0.904. The second-order valence-corrected chi connectivity index (χ2v) is 9.37. The Labute approximate surface area is 171 Å². The van der Waals surface area contributed by atoms with Gasteiger partial charge in [-0.05, 0) is 18.8 Å². The maximum Gasteiger partial charge on any atom is 0.549 e. The Morgan fingerprint density at radius 3 is 2.21 bits per heavy atom. The summed E-state index contributed by atoms with van der Waals surface area (Å²) in [6.45, 7) is 7.24. The molecule has 170 valence electrons. The minimum absolute atomic E-state index is 0.116. The van der Waals surface area contributed by atoms with Gasteiger partial charge in [-0.1, -0.05) is 27.7 Å². The normalized spacial score (nSPS) is 14.1. The topological polar surface area (TPSA) is 155 Å². The average molecular weight is 441 g/mol. The SMILES string of the molecule is COC(=O)OOC(=O)[C@@](O)(CC(C)C)C(C)(C)COS(=O)(=O)CCCNC(C)=O. The van der Waals surface area contributed by atoms with Crippen molar-refractivity contribution in [2.75, 3.05) is 26.0 Å². The van der Waals surface area contributed by atoms with Crippen LogP contribution in [0.4, 0.5) is 4.79 Å². The third-order valence-corrected chi connectivity index (χ3v) is 5.32. The number of ether oxygens (including phenoxy) is 1. The molecule has 12 heteroatoms. The van der Waals surface area contributed by atoms with E-state index in [9.17, 15) is 27.9 Å². The highest BCUT2D eigenvalue weighted by molar-refractivity contribution is 7.86. The fraction of sp³-hybridized carbons (Fsp3) is 0.824.